The van der Waals surface area contributed by atoms with Gasteiger partial charge in [0.05, 0.1) is 6.20 Å². The van der Waals surface area contributed by atoms with Gasteiger partial charge in [0, 0.05) is 18.4 Å². The summed E-state index contributed by atoms with van der Waals surface area (Å²) in [7, 11) is 0. The Kier molecular flexibility index (Phi) is 5.00. The lowest BCUT2D eigenvalue weighted by molar-refractivity contribution is 0.354. The lowest BCUT2D eigenvalue weighted by Crippen LogP contribution is -2.18. The summed E-state index contributed by atoms with van der Waals surface area (Å²) in [6.07, 6.45) is 4.98. The second kappa shape index (κ2) is 6.04. The van der Waals surface area contributed by atoms with Gasteiger partial charge in [0.15, 0.2) is 5.89 Å². The minimum Gasteiger partial charge on any atom is -0.445 e. The lowest BCUT2D eigenvalue weighted by Gasteiger charge is -2.18. The van der Waals surface area contributed by atoms with Crippen LogP contribution in [0.1, 0.15) is 52.2 Å². The zero-order chi connectivity index (χ0) is 12.0. The second-order valence-corrected chi connectivity index (χ2v) is 4.86. The summed E-state index contributed by atoms with van der Waals surface area (Å²) in [5.74, 6) is 1.85. The molecular weight excluding hydrogens is 200 g/mol. The average Bonchev–Trinajstić information content (AvgIpc) is 2.74. The van der Waals surface area contributed by atoms with Crippen molar-refractivity contribution in [2.24, 2.45) is 0 Å². The molecule has 0 aliphatic heterocycles. The van der Waals surface area contributed by atoms with Crippen LogP contribution in [0.5, 0.6) is 0 Å². The number of oxazole rings is 1. The topological polar surface area (TPSA) is 38.1 Å². The highest BCUT2D eigenvalue weighted by Crippen LogP contribution is 2.26. The number of hydrogen-bond acceptors (Lipinski definition) is 3. The summed E-state index contributed by atoms with van der Waals surface area (Å²) >= 11 is 0. The van der Waals surface area contributed by atoms with Crippen molar-refractivity contribution >= 4 is 0 Å². The summed E-state index contributed by atoms with van der Waals surface area (Å²) in [6.45, 7) is 10.7. The van der Waals surface area contributed by atoms with E-state index in [1.807, 2.05) is 6.20 Å². The molecule has 1 aromatic rings. The zero-order valence-electron chi connectivity index (χ0n) is 11.0. The highest BCUT2D eigenvalue weighted by molar-refractivity contribution is 5.07. The minimum atomic E-state index is 0.0993. The number of nitrogens with one attached hydrogen (secondary N) is 1. The number of hydrogen-bond donors (Lipinski definition) is 1. The van der Waals surface area contributed by atoms with Gasteiger partial charge in [0.25, 0.3) is 0 Å². The monoisotopic (exact) mass is 224 g/mol. The molecule has 0 amide bonds. The van der Waals surface area contributed by atoms with Crippen LogP contribution in [0, 0.1) is 0 Å². The molecule has 0 aliphatic rings. The van der Waals surface area contributed by atoms with Crippen molar-refractivity contribution in [2.45, 2.75) is 52.4 Å². The van der Waals surface area contributed by atoms with Gasteiger partial charge in [-0.15, -0.1) is 0 Å². The van der Waals surface area contributed by atoms with E-state index in [-0.39, 0.29) is 5.41 Å². The molecule has 0 atom stereocenters. The highest BCUT2D eigenvalue weighted by atomic mass is 16.4. The third-order valence-corrected chi connectivity index (χ3v) is 3.05. The van der Waals surface area contributed by atoms with Crippen molar-refractivity contribution in [1.82, 2.24) is 10.3 Å². The molecule has 0 unspecified atom stereocenters. The van der Waals surface area contributed by atoms with E-state index in [0.29, 0.717) is 0 Å². The molecule has 0 bridgehead atoms. The summed E-state index contributed by atoms with van der Waals surface area (Å²) in [4.78, 5) is 4.32. The highest BCUT2D eigenvalue weighted by Gasteiger charge is 2.22. The largest absolute Gasteiger partial charge is 0.445 e. The fraction of sp³-hybridized carbons (Fsp3) is 0.769. The van der Waals surface area contributed by atoms with Crippen molar-refractivity contribution in [1.29, 1.82) is 0 Å². The Balaban J connectivity index is 2.45. The summed E-state index contributed by atoms with van der Waals surface area (Å²) in [5.41, 5.74) is 0.0993. The lowest BCUT2D eigenvalue weighted by atomic mass is 9.88. The van der Waals surface area contributed by atoms with E-state index in [0.717, 1.165) is 37.6 Å². The van der Waals surface area contributed by atoms with Crippen LogP contribution in [0.3, 0.4) is 0 Å². The van der Waals surface area contributed by atoms with Crippen LogP contribution in [0.25, 0.3) is 0 Å². The molecule has 0 saturated carbocycles. The molecule has 3 heteroatoms. The van der Waals surface area contributed by atoms with Gasteiger partial charge in [-0.1, -0.05) is 27.7 Å². The van der Waals surface area contributed by atoms with Crippen molar-refractivity contribution in [3.8, 4) is 0 Å². The predicted octanol–water partition coefficient (Wildman–Crippen LogP) is 2.90. The summed E-state index contributed by atoms with van der Waals surface area (Å²) in [5, 5.41) is 3.35. The Hall–Kier alpha value is -0.830. The van der Waals surface area contributed by atoms with Gasteiger partial charge in [0.2, 0.25) is 0 Å². The maximum Gasteiger partial charge on any atom is 0.195 e. The van der Waals surface area contributed by atoms with Crippen LogP contribution in [-0.4, -0.2) is 18.1 Å². The van der Waals surface area contributed by atoms with Crippen LogP contribution in [-0.2, 0) is 11.8 Å². The predicted molar refractivity (Wildman–Crippen MR) is 66.7 cm³/mol. The smallest absolute Gasteiger partial charge is 0.195 e. The van der Waals surface area contributed by atoms with Crippen molar-refractivity contribution < 1.29 is 4.42 Å². The van der Waals surface area contributed by atoms with Crippen molar-refractivity contribution in [2.75, 3.05) is 13.1 Å². The molecule has 1 N–H and O–H groups in total. The average molecular weight is 224 g/mol. The number of nitrogens with zero attached hydrogens (tertiary/aromatic N) is 1. The molecule has 0 aliphatic carbocycles. The van der Waals surface area contributed by atoms with E-state index >= 15 is 0 Å². The van der Waals surface area contributed by atoms with Crippen LogP contribution in [0.4, 0.5) is 0 Å². The first kappa shape index (κ1) is 13.2. The van der Waals surface area contributed by atoms with Crippen molar-refractivity contribution in [3.63, 3.8) is 0 Å². The Bertz CT molecular complexity index is 305. The van der Waals surface area contributed by atoms with Crippen LogP contribution in [0.15, 0.2) is 10.6 Å². The summed E-state index contributed by atoms with van der Waals surface area (Å²) < 4.78 is 5.77. The molecule has 0 spiro atoms. The molecule has 1 heterocycles. The molecule has 0 fully saturated rings. The number of rotatable bonds is 7. The van der Waals surface area contributed by atoms with Gasteiger partial charge in [-0.05, 0) is 19.4 Å². The number of aromatic nitrogens is 1. The maximum atomic E-state index is 5.77. The Morgan fingerprint density at radius 2 is 2.06 bits per heavy atom. The first-order valence-electron chi connectivity index (χ1n) is 6.26. The molecule has 1 rings (SSSR count). The van der Waals surface area contributed by atoms with E-state index < -0.39 is 0 Å². The van der Waals surface area contributed by atoms with Crippen molar-refractivity contribution in [3.05, 3.63) is 17.8 Å². The SMILES string of the molecule is CCCNCCc1ncc(C(C)(C)CC)o1. The van der Waals surface area contributed by atoms with Gasteiger partial charge in [0.1, 0.15) is 5.76 Å². The molecule has 3 nitrogen and oxygen atoms in total. The third kappa shape index (κ3) is 3.63. The Morgan fingerprint density at radius 1 is 1.31 bits per heavy atom. The van der Waals surface area contributed by atoms with Crippen LogP contribution >= 0.6 is 0 Å². The first-order valence-corrected chi connectivity index (χ1v) is 6.26. The first-order chi connectivity index (χ1) is 7.60. The fourth-order valence-corrected chi connectivity index (χ4v) is 1.41. The normalized spacial score (nSPS) is 12.0. The molecule has 0 saturated heterocycles. The molecule has 16 heavy (non-hydrogen) atoms. The maximum absolute atomic E-state index is 5.77. The Labute approximate surface area is 98.6 Å². The van der Waals surface area contributed by atoms with Gasteiger partial charge in [-0.25, -0.2) is 4.98 Å². The molecule has 92 valence electrons. The van der Waals surface area contributed by atoms with Gasteiger partial charge < -0.3 is 9.73 Å². The van der Waals surface area contributed by atoms with Crippen LogP contribution < -0.4 is 5.32 Å². The minimum absolute atomic E-state index is 0.0993. The van der Waals surface area contributed by atoms with Gasteiger partial charge in [-0.3, -0.25) is 0 Å². The zero-order valence-corrected chi connectivity index (χ0v) is 11.0. The molecule has 0 radical (unpaired) electrons. The van der Waals surface area contributed by atoms with Gasteiger partial charge in [-0.2, -0.15) is 0 Å². The third-order valence-electron chi connectivity index (χ3n) is 3.05. The second-order valence-electron chi connectivity index (χ2n) is 4.86. The van der Waals surface area contributed by atoms with E-state index in [2.05, 4.69) is 38.0 Å². The molecule has 0 aromatic carbocycles. The van der Waals surface area contributed by atoms with E-state index in [1.165, 1.54) is 6.42 Å². The fourth-order valence-electron chi connectivity index (χ4n) is 1.41. The van der Waals surface area contributed by atoms with E-state index in [9.17, 15) is 0 Å². The molecule has 1 aromatic heterocycles. The van der Waals surface area contributed by atoms with E-state index in [4.69, 9.17) is 4.42 Å². The van der Waals surface area contributed by atoms with E-state index in [1.54, 1.807) is 0 Å². The Morgan fingerprint density at radius 3 is 2.69 bits per heavy atom. The van der Waals surface area contributed by atoms with Gasteiger partial charge >= 0.3 is 0 Å². The van der Waals surface area contributed by atoms with Crippen LogP contribution in [0.2, 0.25) is 0 Å². The standard InChI is InChI=1S/C13H24N2O/c1-5-8-14-9-7-12-15-10-11(16-12)13(3,4)6-2/h10,14H,5-9H2,1-4H3. The molecular formula is C13H24N2O. The summed E-state index contributed by atoms with van der Waals surface area (Å²) in [6, 6.07) is 0. The quantitative estimate of drug-likeness (QED) is 0.724.